The van der Waals surface area contributed by atoms with E-state index in [1.807, 2.05) is 12.2 Å². The molecule has 8 rings (SSSR count). The van der Waals surface area contributed by atoms with Crippen molar-refractivity contribution in [3.05, 3.63) is 135 Å². The summed E-state index contributed by atoms with van der Waals surface area (Å²) in [6.07, 6.45) is 7.23. The van der Waals surface area contributed by atoms with Gasteiger partial charge in [0.05, 0.1) is 22.8 Å². The van der Waals surface area contributed by atoms with Gasteiger partial charge in [0.2, 0.25) is 0 Å². The van der Waals surface area contributed by atoms with Crippen molar-refractivity contribution in [3.63, 3.8) is 0 Å². The summed E-state index contributed by atoms with van der Waals surface area (Å²) in [7, 11) is -4.96. The Morgan fingerprint density at radius 1 is 0.357 bits per heavy atom. The molecule has 70 heavy (non-hydrogen) atoms. The largest absolute Gasteiger partial charge is 0.360 e. The molecule has 0 saturated heterocycles. The molecule has 3 aromatic heterocycles. The highest BCUT2D eigenvalue weighted by Gasteiger charge is 2.31. The molecule has 7 nitrogen and oxygen atoms in total. The molecular formula is C62H75N4O3P. The van der Waals surface area contributed by atoms with Gasteiger partial charge in [-0.2, -0.15) is 0 Å². The first-order valence-electron chi connectivity index (χ1n) is 24.8. The molecule has 0 saturated carbocycles. The Balaban J connectivity index is 1.64. The van der Waals surface area contributed by atoms with Crippen LogP contribution in [0.4, 0.5) is 0 Å². The van der Waals surface area contributed by atoms with E-state index in [4.69, 9.17) is 9.97 Å². The van der Waals surface area contributed by atoms with Crippen LogP contribution in [0.5, 0.6) is 0 Å². The maximum atomic E-state index is 13.9. The fourth-order valence-electron chi connectivity index (χ4n) is 9.32. The molecular weight excluding hydrogens is 880 g/mol. The van der Waals surface area contributed by atoms with Gasteiger partial charge in [-0.25, -0.2) is 9.97 Å². The third-order valence-corrected chi connectivity index (χ3v) is 14.9. The summed E-state index contributed by atoms with van der Waals surface area (Å²) in [4.78, 5) is 40.8. The van der Waals surface area contributed by atoms with E-state index in [0.717, 1.165) is 55.4 Å². The molecule has 0 atom stereocenters. The quantitative estimate of drug-likeness (QED) is 0.131. The number of aromatic nitrogens is 4. The van der Waals surface area contributed by atoms with Crippen molar-refractivity contribution < 1.29 is 14.4 Å². The van der Waals surface area contributed by atoms with Gasteiger partial charge in [0.1, 0.15) is 5.30 Å². The lowest BCUT2D eigenvalue weighted by molar-refractivity contribution is 0.387. The molecule has 2 aliphatic rings. The van der Waals surface area contributed by atoms with E-state index in [-0.39, 0.29) is 49.2 Å². The van der Waals surface area contributed by atoms with Crippen molar-refractivity contribution in [2.24, 2.45) is 0 Å². The lowest BCUT2D eigenvalue weighted by Gasteiger charge is -2.26. The first-order valence-corrected chi connectivity index (χ1v) is 26.4. The van der Waals surface area contributed by atoms with Crippen LogP contribution in [-0.4, -0.2) is 29.7 Å². The maximum Gasteiger partial charge on any atom is 0.360 e. The van der Waals surface area contributed by atoms with Crippen LogP contribution in [0.15, 0.2) is 78.9 Å². The fourth-order valence-corrected chi connectivity index (χ4v) is 10.2. The predicted octanol–water partition coefficient (Wildman–Crippen LogP) is 16.2. The first-order chi connectivity index (χ1) is 32.1. The summed E-state index contributed by atoms with van der Waals surface area (Å²) >= 11 is 0. The topological polar surface area (TPSA) is 115 Å². The second kappa shape index (κ2) is 17.0. The molecule has 4 N–H and O–H groups in total. The molecule has 8 bridgehead atoms. The van der Waals surface area contributed by atoms with E-state index in [9.17, 15) is 14.4 Å². The molecule has 2 aliphatic heterocycles. The molecule has 0 unspecified atom stereocenters. The Hall–Kier alpha value is -5.59. The SMILES string of the molecule is CC(C)(C)c1cc(-c2c3nc(c(P(=O)(O)O)c4nc(c(-c5cc(C(C)(C)C)cc(C(C)(C)C)c5)c5ccc([nH]5)c(-c5cc(C(C)(C)C)cc(C(C)(C)C)c5)c5ccc2[nH]5)C=C4)C=C3)cc(C(C)(C)C)c1. The van der Waals surface area contributed by atoms with Gasteiger partial charge in [0.15, 0.2) is 0 Å². The molecule has 6 aromatic rings. The average Bonchev–Trinajstić information content (AvgIpc) is 4.06. The van der Waals surface area contributed by atoms with Gasteiger partial charge in [0.25, 0.3) is 0 Å². The number of hydrogen-bond donors (Lipinski definition) is 4. The average molecular weight is 955 g/mol. The van der Waals surface area contributed by atoms with Crippen LogP contribution in [-0.2, 0) is 37.1 Å². The van der Waals surface area contributed by atoms with E-state index < -0.39 is 7.60 Å². The normalized spacial score (nSPS) is 13.9. The second-order valence-corrected chi connectivity index (χ2v) is 27.5. The van der Waals surface area contributed by atoms with E-state index in [2.05, 4.69) is 213 Å². The minimum atomic E-state index is -4.96. The predicted molar refractivity (Wildman–Crippen MR) is 299 cm³/mol. The molecule has 0 fully saturated rings. The van der Waals surface area contributed by atoms with Crippen LogP contribution in [0.2, 0.25) is 0 Å². The van der Waals surface area contributed by atoms with Gasteiger partial charge < -0.3 is 19.8 Å². The van der Waals surface area contributed by atoms with E-state index in [0.29, 0.717) is 11.4 Å². The standard InChI is InChI=1S/C62H75N4O3P/c1-57(2,3)39-27-36(28-40(33-39)58(4,5)6)53-45-19-21-47(63-45)54(37-29-41(59(7,8)9)34-42(30-37)60(10,11)12)49-23-25-51(65-49)56(70(67,68)69)52-26-24-50(66-52)55(48-22-20-46(53)64-48)38-31-43(61(13,14)15)35-44(32-38)62(16,17)18/h19-35,63-64H,1-18H3,(H2,67,68,69). The minimum absolute atomic E-state index is 0.129. The van der Waals surface area contributed by atoms with Crippen LogP contribution in [0, 0.1) is 0 Å². The highest BCUT2D eigenvalue weighted by molar-refractivity contribution is 7.60. The summed E-state index contributed by atoms with van der Waals surface area (Å²) in [6, 6.07) is 29.2. The number of aromatic amines is 2. The minimum Gasteiger partial charge on any atom is -0.354 e. The van der Waals surface area contributed by atoms with Crippen molar-refractivity contribution in [2.75, 3.05) is 0 Å². The second-order valence-electron chi connectivity index (χ2n) is 25.9. The fraction of sp³-hybridized carbons (Fsp3) is 0.387. The summed E-state index contributed by atoms with van der Waals surface area (Å²) in [5.41, 5.74) is 17.0. The summed E-state index contributed by atoms with van der Waals surface area (Å²) in [5, 5.41) is -0.211. The number of H-pyrrole nitrogens is 2. The third-order valence-electron chi connectivity index (χ3n) is 13.9. The van der Waals surface area contributed by atoms with Gasteiger partial charge >= 0.3 is 7.60 Å². The van der Waals surface area contributed by atoms with Gasteiger partial charge in [-0.1, -0.05) is 179 Å². The zero-order valence-corrected chi connectivity index (χ0v) is 45.9. The highest BCUT2D eigenvalue weighted by atomic mass is 31.2. The molecule has 0 spiro atoms. The summed E-state index contributed by atoms with van der Waals surface area (Å²) in [6.45, 7) is 40.4. The summed E-state index contributed by atoms with van der Waals surface area (Å²) < 4.78 is 13.9. The highest BCUT2D eigenvalue weighted by Crippen LogP contribution is 2.44. The number of nitrogens with one attached hydrogen (secondary N) is 2. The maximum absolute atomic E-state index is 13.9. The van der Waals surface area contributed by atoms with Crippen LogP contribution in [0.3, 0.4) is 0 Å². The van der Waals surface area contributed by atoms with Crippen molar-refractivity contribution in [1.82, 2.24) is 19.9 Å². The lowest BCUT2D eigenvalue weighted by atomic mass is 9.78. The van der Waals surface area contributed by atoms with E-state index in [1.54, 1.807) is 12.2 Å². The van der Waals surface area contributed by atoms with Crippen molar-refractivity contribution in [2.45, 2.75) is 157 Å². The van der Waals surface area contributed by atoms with E-state index in [1.165, 1.54) is 33.4 Å². The number of fused-ring (bicyclic) bond motifs is 8. The Kier molecular flexibility index (Phi) is 12.4. The third kappa shape index (κ3) is 10.1. The Bertz CT molecular complexity index is 3090. The summed E-state index contributed by atoms with van der Waals surface area (Å²) in [5.74, 6) is 0. The van der Waals surface area contributed by atoms with E-state index >= 15 is 0 Å². The van der Waals surface area contributed by atoms with Crippen LogP contribution in [0.1, 0.15) is 181 Å². The van der Waals surface area contributed by atoms with Gasteiger partial charge in [-0.3, -0.25) is 4.57 Å². The first kappa shape index (κ1) is 50.8. The monoisotopic (exact) mass is 955 g/mol. The zero-order chi connectivity index (χ0) is 51.5. The van der Waals surface area contributed by atoms with Gasteiger partial charge in [0, 0.05) is 38.8 Å². The molecule has 8 heteroatoms. The van der Waals surface area contributed by atoms with Crippen molar-refractivity contribution in [1.29, 1.82) is 0 Å². The smallest absolute Gasteiger partial charge is 0.354 e. The molecule has 366 valence electrons. The van der Waals surface area contributed by atoms with Crippen LogP contribution < -0.4 is 5.30 Å². The molecule has 0 radical (unpaired) electrons. The van der Waals surface area contributed by atoms with Crippen LogP contribution in [0.25, 0.3) is 79.8 Å². The number of rotatable bonds is 4. The molecule has 0 amide bonds. The number of nitrogens with zero attached hydrogens (tertiary/aromatic N) is 2. The van der Waals surface area contributed by atoms with Crippen molar-refractivity contribution in [3.8, 4) is 33.4 Å². The Labute approximate surface area is 417 Å². The molecule has 0 aliphatic carbocycles. The number of hydrogen-bond acceptors (Lipinski definition) is 3. The molecule has 5 heterocycles. The van der Waals surface area contributed by atoms with Crippen LogP contribution >= 0.6 is 7.60 Å². The Morgan fingerprint density at radius 2 is 0.586 bits per heavy atom. The molecule has 3 aromatic carbocycles. The van der Waals surface area contributed by atoms with Gasteiger partial charge in [-0.15, -0.1) is 0 Å². The van der Waals surface area contributed by atoms with Gasteiger partial charge in [-0.05, 0) is 131 Å². The number of benzene rings is 3. The zero-order valence-electron chi connectivity index (χ0n) is 45.0. The Morgan fingerprint density at radius 3 is 0.829 bits per heavy atom. The van der Waals surface area contributed by atoms with Crippen molar-refractivity contribution >= 4 is 59.3 Å². The lowest BCUT2D eigenvalue weighted by Crippen LogP contribution is -2.16.